The van der Waals surface area contributed by atoms with Crippen molar-refractivity contribution in [2.45, 2.75) is 63.7 Å². The van der Waals surface area contributed by atoms with Gasteiger partial charge in [-0.3, -0.25) is 38.4 Å². The molecule has 0 saturated carbocycles. The zero-order valence-electron chi connectivity index (χ0n) is 53.2. The van der Waals surface area contributed by atoms with Gasteiger partial charge in [0.25, 0.3) is 11.8 Å². The van der Waals surface area contributed by atoms with Crippen LogP contribution in [-0.4, -0.2) is 96.4 Å². The number of rotatable bonds is 23. The Hall–Kier alpha value is -11.6. The first-order valence-electron chi connectivity index (χ1n) is 30.7. The largest absolute Gasteiger partial charge is 0.506 e. The van der Waals surface area contributed by atoms with Gasteiger partial charge in [0, 0.05) is 37.3 Å². The number of nitrogens with one attached hydrogen (secondary N) is 5. The van der Waals surface area contributed by atoms with Gasteiger partial charge in [0.15, 0.2) is 16.4 Å². The van der Waals surface area contributed by atoms with Crippen LogP contribution in [0.3, 0.4) is 0 Å². The van der Waals surface area contributed by atoms with E-state index in [0.717, 1.165) is 28.8 Å². The van der Waals surface area contributed by atoms with Crippen molar-refractivity contribution in [1.29, 1.82) is 0 Å². The van der Waals surface area contributed by atoms with Crippen molar-refractivity contribution in [2.24, 2.45) is 0 Å². The van der Waals surface area contributed by atoms with Gasteiger partial charge < -0.3 is 45.6 Å². The summed E-state index contributed by atoms with van der Waals surface area (Å²) in [5, 5.41) is 23.9. The first-order valence-corrected chi connectivity index (χ1v) is 30.7. The number of anilines is 1. The van der Waals surface area contributed by atoms with Crippen LogP contribution in [-0.2, 0) is 74.3 Å². The Kier molecular flexibility index (Phi) is 23.4. The average Bonchev–Trinajstić information content (AvgIpc) is 1.33. The lowest BCUT2D eigenvalue weighted by Gasteiger charge is -2.31. The molecule has 0 atom stereocenters. The summed E-state index contributed by atoms with van der Waals surface area (Å²) in [7, 11) is 0. The highest BCUT2D eigenvalue weighted by Gasteiger charge is 2.50. The maximum absolute atomic E-state index is 13.7. The Morgan fingerprint density at radius 3 is 1.27 bits per heavy atom. The highest BCUT2D eigenvalue weighted by molar-refractivity contribution is 6.13. The fraction of sp³-hybridized carbons (Fsp3) is 0.219. The third-order valence-corrected chi connectivity index (χ3v) is 15.6. The molecule has 0 spiro atoms. The van der Waals surface area contributed by atoms with E-state index in [1.807, 2.05) is 0 Å². The number of carbonyl (C=O) groups is 8. The Balaban J connectivity index is 0.000000250. The van der Waals surface area contributed by atoms with Crippen LogP contribution in [0.25, 0.3) is 33.4 Å². The van der Waals surface area contributed by atoms with E-state index >= 15 is 0 Å². The number of oxazole rings is 1. The van der Waals surface area contributed by atoms with Crippen molar-refractivity contribution in [3.8, 4) is 28.0 Å². The molecule has 0 fully saturated rings. The van der Waals surface area contributed by atoms with Gasteiger partial charge in [-0.15, -0.1) is 0 Å². The molecule has 6 N–H and O–H groups in total. The Bertz CT molecular complexity index is 4410. The number of nitrogens with zero attached hydrogens (tertiary/aromatic N) is 1. The molecule has 0 saturated heterocycles. The number of phenols is 1. The number of amides is 5. The summed E-state index contributed by atoms with van der Waals surface area (Å²) in [4.78, 5) is 119. The van der Waals surface area contributed by atoms with E-state index in [9.17, 15) is 74.6 Å². The number of aromatic nitrogens is 1. The molecule has 0 radical (unpaired) electrons. The van der Waals surface area contributed by atoms with Crippen LogP contribution in [0.15, 0.2) is 203 Å². The molecule has 25 heteroatoms. The number of hydrogen-bond donors (Lipinski definition) is 6. The number of hydrogen-bond acceptors (Lipinski definition) is 13. The number of likely N-dealkylation sites (N-methyl/N-ethyl adjacent to an activating group) is 4. The molecule has 1 aromatic heterocycles. The van der Waals surface area contributed by atoms with Crippen molar-refractivity contribution >= 4 is 64.2 Å². The third-order valence-electron chi connectivity index (χ3n) is 15.6. The number of alkyl halides is 6. The molecule has 5 amide bonds. The predicted octanol–water partition coefficient (Wildman–Crippen LogP) is 10.9. The first kappa shape index (κ1) is 72.2. The summed E-state index contributed by atoms with van der Waals surface area (Å²) in [6.45, 7) is 6.58. The van der Waals surface area contributed by atoms with Crippen LogP contribution >= 0.6 is 0 Å². The number of aromatic hydroxyl groups is 1. The van der Waals surface area contributed by atoms with E-state index in [2.05, 4.69) is 26.6 Å². The van der Waals surface area contributed by atoms with E-state index in [1.165, 1.54) is 72.8 Å². The lowest BCUT2D eigenvalue weighted by molar-refractivity contribution is -0.152. The third kappa shape index (κ3) is 16.5. The standard InChI is InChI=1S/C37H32F3N3O7.C36H34F3N3O6/c1-3-41-33(46)36(34(47)42-4-2,25-10-6-5-7-11-25)22-49-31(44)21-23-14-19-29-30(20-23)50-35(48)43(29)32(45)28-13-9-8-12-27(28)24-15-17-26(18-16-24)37(38,39)40;1-3-40-33(46)35(34(47)41-4-2,25-10-6-5-7-11-25)22-48-31(44)21-23-14-19-29(30(43)20-23)42-32(45)28-13-9-8-12-27(28)24-15-17-26(18-16-24)36(37,38)39/h5-20H,3-4,21-22H2,1-2H3,(H,41,46)(H,42,47);5-20,43H,3-4,21-22H2,1-2H3,(H,40,46)(H,41,47)(H,42,45). The Morgan fingerprint density at radius 2 is 0.847 bits per heavy atom. The second-order valence-electron chi connectivity index (χ2n) is 22.0. The fourth-order valence-electron chi connectivity index (χ4n) is 10.7. The summed E-state index contributed by atoms with van der Waals surface area (Å²) in [6.07, 6.45) is -9.69. The second kappa shape index (κ2) is 31.7. The number of esters is 2. The summed E-state index contributed by atoms with van der Waals surface area (Å²) in [5.41, 5.74) is -2.32. The van der Waals surface area contributed by atoms with Crippen LogP contribution in [0.4, 0.5) is 32.0 Å². The lowest BCUT2D eigenvalue weighted by atomic mass is 9.79. The van der Waals surface area contributed by atoms with Gasteiger partial charge in [-0.25, -0.2) is 9.36 Å². The smallest absolute Gasteiger partial charge is 0.427 e. The molecule has 9 rings (SSSR count). The number of benzene rings is 8. The Labute approximate surface area is 557 Å². The molecule has 98 heavy (non-hydrogen) atoms. The highest BCUT2D eigenvalue weighted by Crippen LogP contribution is 2.36. The second-order valence-corrected chi connectivity index (χ2v) is 22.0. The van der Waals surface area contributed by atoms with Crippen LogP contribution < -0.4 is 32.3 Å². The van der Waals surface area contributed by atoms with Crippen molar-refractivity contribution in [2.75, 3.05) is 44.7 Å². The SMILES string of the molecule is CCNC(=O)C(COC(=O)Cc1ccc(NC(=O)c2ccccc2-c2ccc(C(F)(F)F)cc2)c(O)c1)(C(=O)NCC)c1ccccc1.CCNC(=O)C(COC(=O)Cc1ccc2c(c1)oc(=O)n2C(=O)c1ccccc1-c1ccc(C(F)(F)F)cc1)(C(=O)NCC)c1ccccc1. The van der Waals surface area contributed by atoms with Gasteiger partial charge in [0.1, 0.15) is 19.0 Å². The van der Waals surface area contributed by atoms with Crippen molar-refractivity contribution in [1.82, 2.24) is 25.8 Å². The van der Waals surface area contributed by atoms with Crippen molar-refractivity contribution < 1.29 is 83.7 Å². The van der Waals surface area contributed by atoms with Gasteiger partial charge >= 0.3 is 30.0 Å². The van der Waals surface area contributed by atoms with E-state index < -0.39 is 101 Å². The zero-order chi connectivity index (χ0) is 71.0. The van der Waals surface area contributed by atoms with Crippen LogP contribution in [0.2, 0.25) is 0 Å². The number of halogens is 6. The van der Waals surface area contributed by atoms with E-state index in [1.54, 1.807) is 125 Å². The zero-order valence-corrected chi connectivity index (χ0v) is 53.2. The normalized spacial score (nSPS) is 11.5. The van der Waals surface area contributed by atoms with Gasteiger partial charge in [-0.1, -0.05) is 133 Å². The van der Waals surface area contributed by atoms with Crippen LogP contribution in [0.5, 0.6) is 5.75 Å². The maximum atomic E-state index is 13.7. The van der Waals surface area contributed by atoms with Gasteiger partial charge in [0.05, 0.1) is 35.2 Å². The number of phenolic OH excluding ortho intramolecular Hbond substituents is 1. The topological polar surface area (TPSA) is 271 Å². The van der Waals surface area contributed by atoms with Crippen LogP contribution in [0, 0.1) is 0 Å². The van der Waals surface area contributed by atoms with E-state index in [-0.39, 0.29) is 72.7 Å². The minimum absolute atomic E-state index is 0.0102. The summed E-state index contributed by atoms with van der Waals surface area (Å²) in [6, 6.07) is 46.2. The molecule has 0 aliphatic rings. The van der Waals surface area contributed by atoms with E-state index in [4.69, 9.17) is 13.9 Å². The molecular formula is C73H66F6N6O13. The highest BCUT2D eigenvalue weighted by atomic mass is 19.4. The molecule has 9 aromatic rings. The maximum Gasteiger partial charge on any atom is 0.427 e. The Morgan fingerprint density at radius 1 is 0.459 bits per heavy atom. The molecule has 508 valence electrons. The quantitative estimate of drug-likeness (QED) is 0.0151. The molecule has 0 aliphatic heterocycles. The number of carbonyl (C=O) groups excluding carboxylic acids is 8. The average molecular weight is 1350 g/mol. The van der Waals surface area contributed by atoms with Crippen molar-refractivity contribution in [3.05, 3.63) is 249 Å². The monoisotopic (exact) mass is 1350 g/mol. The summed E-state index contributed by atoms with van der Waals surface area (Å²) >= 11 is 0. The summed E-state index contributed by atoms with van der Waals surface area (Å²) in [5.74, 6) is -6.86. The van der Waals surface area contributed by atoms with Crippen LogP contribution in [0.1, 0.15) is 81.8 Å². The molecule has 19 nitrogen and oxygen atoms in total. The number of fused-ring (bicyclic) bond motifs is 1. The molecule has 0 unspecified atom stereocenters. The molecular weight excluding hydrogens is 1280 g/mol. The minimum Gasteiger partial charge on any atom is -0.506 e. The van der Waals surface area contributed by atoms with Crippen molar-refractivity contribution in [3.63, 3.8) is 0 Å². The molecule has 0 bridgehead atoms. The molecule has 8 aromatic carbocycles. The van der Waals surface area contributed by atoms with Gasteiger partial charge in [-0.2, -0.15) is 26.3 Å². The fourth-order valence-corrected chi connectivity index (χ4v) is 10.7. The minimum atomic E-state index is -4.53. The lowest BCUT2D eigenvalue weighted by Crippen LogP contribution is -2.57. The molecule has 0 aliphatic carbocycles. The van der Waals surface area contributed by atoms with Gasteiger partial charge in [-0.05, 0) is 133 Å². The molecule has 1 heterocycles. The summed E-state index contributed by atoms with van der Waals surface area (Å²) < 4.78 is 95.6. The predicted molar refractivity (Wildman–Crippen MR) is 350 cm³/mol. The first-order chi connectivity index (χ1) is 46.8. The number of ether oxygens (including phenoxy) is 2. The van der Waals surface area contributed by atoms with Gasteiger partial charge in [0.2, 0.25) is 23.6 Å². The van der Waals surface area contributed by atoms with E-state index in [0.29, 0.717) is 44.5 Å².